The molecule has 0 unspecified atom stereocenters. The van der Waals surface area contributed by atoms with Crippen molar-refractivity contribution < 1.29 is 27.4 Å². The molecule has 0 bridgehead atoms. The molecule has 3 rings (SSSR count). The van der Waals surface area contributed by atoms with Crippen LogP contribution in [0.2, 0.25) is 0 Å². The molecule has 1 amide bonds. The van der Waals surface area contributed by atoms with E-state index in [0.717, 1.165) is 23.1 Å². The normalized spacial score (nSPS) is 11.6. The van der Waals surface area contributed by atoms with Gasteiger partial charge in [0.1, 0.15) is 17.4 Å². The van der Waals surface area contributed by atoms with E-state index in [9.17, 15) is 18.0 Å². The fourth-order valence-corrected chi connectivity index (χ4v) is 3.51. The van der Waals surface area contributed by atoms with E-state index < -0.39 is 18.8 Å². The lowest BCUT2D eigenvalue weighted by Gasteiger charge is -2.22. The number of carbonyl (C=O) groups is 1. The molecule has 0 saturated carbocycles. The number of halogens is 4. The van der Waals surface area contributed by atoms with Crippen molar-refractivity contribution >= 4 is 39.2 Å². The van der Waals surface area contributed by atoms with Gasteiger partial charge >= 0.3 is 12.2 Å². The number of nitrogens with zero attached hydrogens (tertiary/aromatic N) is 2. The summed E-state index contributed by atoms with van der Waals surface area (Å²) in [5.74, 6) is 0.967. The molecule has 0 aliphatic rings. The largest absolute Gasteiger partial charge is 0.494 e. The number of carbonyl (C=O) groups excluding carboxylic acids is 1. The summed E-state index contributed by atoms with van der Waals surface area (Å²) in [5, 5.41) is 9.83. The van der Waals surface area contributed by atoms with Crippen LogP contribution in [0.4, 0.5) is 30.5 Å². The Hall–Kier alpha value is -3.58. The standard InChI is InChI=1S/C28H34BrF3N6O3/c1-27(2,16-33)17-35-25(39)20-6-8-21(9-7-20)36-24-14-23(37-26(38-24)41-18-28(30,31)32)34-15-19-4-10-22(11-5-19)40-13-3-12-29/h4-11,14H,3,12-13,15-18,33H2,1-2H3,(H,35,39)(H2,34,36,37,38). The number of benzene rings is 2. The van der Waals surface area contributed by atoms with Crippen LogP contribution in [0, 0.1) is 5.41 Å². The summed E-state index contributed by atoms with van der Waals surface area (Å²) in [4.78, 5) is 20.6. The van der Waals surface area contributed by atoms with Crippen molar-refractivity contribution in [1.82, 2.24) is 15.3 Å². The summed E-state index contributed by atoms with van der Waals surface area (Å²) in [7, 11) is 0. The monoisotopic (exact) mass is 638 g/mol. The lowest BCUT2D eigenvalue weighted by molar-refractivity contribution is -0.154. The third-order valence-electron chi connectivity index (χ3n) is 5.71. The second kappa shape index (κ2) is 14.9. The molecule has 222 valence electrons. The maximum atomic E-state index is 12.8. The summed E-state index contributed by atoms with van der Waals surface area (Å²) < 4.78 is 48.8. The SMILES string of the molecule is CC(C)(CN)CNC(=O)c1ccc(Nc2cc(NCc3ccc(OCCCBr)cc3)nc(OCC(F)(F)F)n2)cc1. The van der Waals surface area contributed by atoms with Gasteiger partial charge in [0.2, 0.25) is 0 Å². The minimum Gasteiger partial charge on any atom is -0.494 e. The number of alkyl halides is 4. The van der Waals surface area contributed by atoms with Crippen molar-refractivity contribution in [2.75, 3.05) is 42.3 Å². The van der Waals surface area contributed by atoms with Gasteiger partial charge in [-0.25, -0.2) is 0 Å². The zero-order valence-corrected chi connectivity index (χ0v) is 24.4. The Morgan fingerprint density at radius 2 is 1.68 bits per heavy atom. The van der Waals surface area contributed by atoms with Crippen LogP contribution < -0.4 is 31.2 Å². The average molecular weight is 640 g/mol. The Morgan fingerprint density at radius 3 is 2.32 bits per heavy atom. The van der Waals surface area contributed by atoms with Gasteiger partial charge < -0.3 is 31.2 Å². The molecule has 0 aliphatic heterocycles. The van der Waals surface area contributed by atoms with Gasteiger partial charge in [-0.2, -0.15) is 23.1 Å². The third kappa shape index (κ3) is 11.4. The smallest absolute Gasteiger partial charge is 0.422 e. The fourth-order valence-electron chi connectivity index (χ4n) is 3.28. The molecule has 5 N–H and O–H groups in total. The Morgan fingerprint density at radius 1 is 1.00 bits per heavy atom. The van der Waals surface area contributed by atoms with E-state index in [2.05, 4.69) is 41.8 Å². The van der Waals surface area contributed by atoms with Crippen molar-refractivity contribution in [3.63, 3.8) is 0 Å². The van der Waals surface area contributed by atoms with E-state index in [1.54, 1.807) is 30.3 Å². The first-order chi connectivity index (χ1) is 19.5. The molecular weight excluding hydrogens is 605 g/mol. The second-order valence-corrected chi connectivity index (χ2v) is 10.8. The Kier molecular flexibility index (Phi) is 11.6. The number of amides is 1. The molecule has 13 heteroatoms. The zero-order chi connectivity index (χ0) is 29.9. The number of hydrogen-bond donors (Lipinski definition) is 4. The van der Waals surface area contributed by atoms with E-state index >= 15 is 0 Å². The van der Waals surface area contributed by atoms with Gasteiger partial charge in [-0.05, 0) is 60.3 Å². The number of aromatic nitrogens is 2. The molecule has 1 aromatic heterocycles. The van der Waals surface area contributed by atoms with E-state index in [0.29, 0.717) is 37.5 Å². The van der Waals surface area contributed by atoms with E-state index in [-0.39, 0.29) is 23.0 Å². The van der Waals surface area contributed by atoms with Crippen LogP contribution >= 0.6 is 15.9 Å². The van der Waals surface area contributed by atoms with Crippen molar-refractivity contribution in [3.8, 4) is 11.8 Å². The zero-order valence-electron chi connectivity index (χ0n) is 22.9. The van der Waals surface area contributed by atoms with Crippen LogP contribution in [0.3, 0.4) is 0 Å². The minimum absolute atomic E-state index is 0.206. The van der Waals surface area contributed by atoms with Gasteiger partial charge in [-0.3, -0.25) is 4.79 Å². The summed E-state index contributed by atoms with van der Waals surface area (Å²) in [6.45, 7) is 4.18. The second-order valence-electron chi connectivity index (χ2n) is 9.97. The first kappa shape index (κ1) is 31.9. The molecule has 0 aliphatic carbocycles. The highest BCUT2D eigenvalue weighted by Crippen LogP contribution is 2.23. The number of nitrogens with one attached hydrogen (secondary N) is 3. The van der Waals surface area contributed by atoms with Gasteiger partial charge in [0, 0.05) is 35.7 Å². The highest BCUT2D eigenvalue weighted by molar-refractivity contribution is 9.09. The van der Waals surface area contributed by atoms with Crippen molar-refractivity contribution in [1.29, 1.82) is 0 Å². The van der Waals surface area contributed by atoms with E-state index in [1.165, 1.54) is 0 Å². The highest BCUT2D eigenvalue weighted by Gasteiger charge is 2.29. The summed E-state index contributed by atoms with van der Waals surface area (Å²) in [6, 6.07) is 15.1. The molecule has 0 atom stereocenters. The third-order valence-corrected chi connectivity index (χ3v) is 6.27. The van der Waals surface area contributed by atoms with Crippen LogP contribution in [0.15, 0.2) is 54.6 Å². The predicted molar refractivity (Wildman–Crippen MR) is 156 cm³/mol. The molecule has 2 aromatic carbocycles. The topological polar surface area (TPSA) is 123 Å². The number of anilines is 3. The first-order valence-electron chi connectivity index (χ1n) is 12.9. The van der Waals surface area contributed by atoms with E-state index in [4.69, 9.17) is 15.2 Å². The lowest BCUT2D eigenvalue weighted by atomic mass is 9.94. The van der Waals surface area contributed by atoms with Gasteiger partial charge in [0.05, 0.1) is 6.61 Å². The Labute approximate surface area is 245 Å². The van der Waals surface area contributed by atoms with Crippen LogP contribution in [0.25, 0.3) is 0 Å². The summed E-state index contributed by atoms with van der Waals surface area (Å²) >= 11 is 3.36. The maximum absolute atomic E-state index is 12.8. The summed E-state index contributed by atoms with van der Waals surface area (Å²) in [6.07, 6.45) is -3.66. The highest BCUT2D eigenvalue weighted by atomic mass is 79.9. The molecule has 0 saturated heterocycles. The minimum atomic E-state index is -4.55. The molecule has 41 heavy (non-hydrogen) atoms. The molecule has 3 aromatic rings. The van der Waals surface area contributed by atoms with Crippen molar-refractivity contribution in [3.05, 3.63) is 65.7 Å². The van der Waals surface area contributed by atoms with Gasteiger partial charge in [0.15, 0.2) is 6.61 Å². The summed E-state index contributed by atoms with van der Waals surface area (Å²) in [5.41, 5.74) is 7.40. The van der Waals surface area contributed by atoms with Gasteiger partial charge in [0.25, 0.3) is 5.91 Å². The lowest BCUT2D eigenvalue weighted by Crippen LogP contribution is -2.38. The van der Waals surface area contributed by atoms with Gasteiger partial charge in [-0.15, -0.1) is 0 Å². The molecule has 9 nitrogen and oxygen atoms in total. The Bertz CT molecular complexity index is 1260. The van der Waals surface area contributed by atoms with Crippen LogP contribution in [0.5, 0.6) is 11.8 Å². The first-order valence-corrected chi connectivity index (χ1v) is 14.0. The Balaban J connectivity index is 1.69. The molecule has 0 fully saturated rings. The number of ether oxygens (including phenoxy) is 2. The quantitative estimate of drug-likeness (QED) is 0.124. The molecular formula is C28H34BrF3N6O3. The fraction of sp³-hybridized carbons (Fsp3) is 0.393. The number of hydrogen-bond acceptors (Lipinski definition) is 8. The maximum Gasteiger partial charge on any atom is 0.422 e. The van der Waals surface area contributed by atoms with E-state index in [1.807, 2.05) is 38.1 Å². The average Bonchev–Trinajstić information content (AvgIpc) is 2.94. The molecule has 0 spiro atoms. The van der Waals surface area contributed by atoms with Crippen molar-refractivity contribution in [2.24, 2.45) is 11.1 Å². The van der Waals surface area contributed by atoms with Crippen LogP contribution in [-0.4, -0.2) is 53.7 Å². The molecule has 1 heterocycles. The van der Waals surface area contributed by atoms with Crippen LogP contribution in [-0.2, 0) is 6.54 Å². The predicted octanol–water partition coefficient (Wildman–Crippen LogP) is 5.65. The van der Waals surface area contributed by atoms with Crippen molar-refractivity contribution in [2.45, 2.75) is 33.0 Å². The number of rotatable bonds is 15. The molecule has 0 radical (unpaired) electrons. The van der Waals surface area contributed by atoms with Gasteiger partial charge in [-0.1, -0.05) is 41.9 Å². The number of nitrogens with two attached hydrogens (primary N) is 1. The van der Waals surface area contributed by atoms with Crippen LogP contribution in [0.1, 0.15) is 36.2 Å².